The highest BCUT2D eigenvalue weighted by Gasteiger charge is 2.27. The van der Waals surface area contributed by atoms with Gasteiger partial charge < -0.3 is 10.2 Å². The number of anilines is 2. The molecule has 0 atom stereocenters. The Hall–Kier alpha value is -3.67. The number of benzene rings is 3. The molecular weight excluding hydrogens is 405 g/mol. The summed E-state index contributed by atoms with van der Waals surface area (Å²) in [5.74, 6) is -0.721. The zero-order valence-electron chi connectivity index (χ0n) is 18.3. The Labute approximate surface area is 187 Å². The number of urea groups is 1. The molecule has 0 spiro atoms. The molecule has 3 amide bonds. The lowest BCUT2D eigenvalue weighted by atomic mass is 10.0. The molecule has 1 aliphatic heterocycles. The Morgan fingerprint density at radius 3 is 2.56 bits per heavy atom. The van der Waals surface area contributed by atoms with Crippen LogP contribution in [0.4, 0.5) is 20.6 Å². The van der Waals surface area contributed by atoms with E-state index in [0.717, 1.165) is 17.7 Å². The van der Waals surface area contributed by atoms with Gasteiger partial charge >= 0.3 is 6.03 Å². The topological polar surface area (TPSA) is 52.6 Å². The lowest BCUT2D eigenvalue weighted by Gasteiger charge is -2.36. The van der Waals surface area contributed by atoms with Crippen molar-refractivity contribution >= 4 is 23.3 Å². The molecule has 3 aromatic rings. The maximum absolute atomic E-state index is 13.2. The van der Waals surface area contributed by atoms with Crippen LogP contribution in [0.15, 0.2) is 66.7 Å². The minimum atomic E-state index is -0.391. The Balaban J connectivity index is 1.49. The van der Waals surface area contributed by atoms with Gasteiger partial charge in [0.1, 0.15) is 5.82 Å². The summed E-state index contributed by atoms with van der Waals surface area (Å²) in [4.78, 5) is 29.3. The highest BCUT2D eigenvalue weighted by molar-refractivity contribution is 6.04. The lowest BCUT2D eigenvalue weighted by Crippen LogP contribution is -2.49. The largest absolute Gasteiger partial charge is 0.324 e. The van der Waals surface area contributed by atoms with E-state index in [1.807, 2.05) is 17.0 Å². The van der Waals surface area contributed by atoms with Gasteiger partial charge in [0, 0.05) is 36.6 Å². The Morgan fingerprint density at radius 2 is 1.78 bits per heavy atom. The molecule has 164 valence electrons. The summed E-state index contributed by atoms with van der Waals surface area (Å²) in [5, 5.41) is 2.82. The van der Waals surface area contributed by atoms with Gasteiger partial charge in [-0.2, -0.15) is 0 Å². The summed E-state index contributed by atoms with van der Waals surface area (Å²) in [5.41, 5.74) is 5.18. The maximum Gasteiger partial charge on any atom is 0.324 e. The third-order valence-corrected chi connectivity index (χ3v) is 5.70. The molecule has 0 aromatic heterocycles. The fourth-order valence-electron chi connectivity index (χ4n) is 3.90. The van der Waals surface area contributed by atoms with E-state index < -0.39 is 5.82 Å². The van der Waals surface area contributed by atoms with Crippen molar-refractivity contribution in [1.82, 2.24) is 4.90 Å². The maximum atomic E-state index is 13.2. The summed E-state index contributed by atoms with van der Waals surface area (Å²) in [6, 6.07) is 18.9. The zero-order valence-corrected chi connectivity index (χ0v) is 18.3. The van der Waals surface area contributed by atoms with Gasteiger partial charge in [-0.25, -0.2) is 9.18 Å². The van der Waals surface area contributed by atoms with Crippen molar-refractivity contribution in [3.63, 3.8) is 0 Å². The number of carbonyl (C=O) groups is 2. The van der Waals surface area contributed by atoms with Crippen LogP contribution >= 0.6 is 0 Å². The van der Waals surface area contributed by atoms with Crippen molar-refractivity contribution in [3.8, 4) is 0 Å². The average Bonchev–Trinajstić information content (AvgIpc) is 2.78. The molecule has 1 heterocycles. The van der Waals surface area contributed by atoms with E-state index >= 15 is 0 Å². The summed E-state index contributed by atoms with van der Waals surface area (Å²) < 4.78 is 13.1. The molecule has 6 heteroatoms. The molecule has 4 rings (SSSR count). The molecule has 32 heavy (non-hydrogen) atoms. The number of nitrogens with one attached hydrogen (secondary N) is 1. The van der Waals surface area contributed by atoms with Crippen molar-refractivity contribution in [2.75, 3.05) is 23.3 Å². The normalized spacial score (nSPS) is 13.9. The standard InChI is InChI=1S/C26H26FN3O2/c1-18-7-8-19(2)21(15-18)17-29-13-4-14-30(26(29)32)24-6-3-5-23(16-24)28-25(31)20-9-11-22(27)12-10-20/h3,5-12,15-16H,4,13-14,17H2,1-2H3,(H,28,31). The molecule has 1 N–H and O–H groups in total. The van der Waals surface area contributed by atoms with Gasteiger partial charge in [-0.05, 0) is 73.9 Å². The predicted molar refractivity (Wildman–Crippen MR) is 124 cm³/mol. The summed E-state index contributed by atoms with van der Waals surface area (Å²) in [6.07, 6.45) is 0.864. The van der Waals surface area contributed by atoms with Crippen LogP contribution in [0.2, 0.25) is 0 Å². The third kappa shape index (κ3) is 4.80. The number of carbonyl (C=O) groups excluding carboxylic acids is 2. The van der Waals surface area contributed by atoms with Crippen LogP contribution < -0.4 is 10.2 Å². The van der Waals surface area contributed by atoms with E-state index in [4.69, 9.17) is 0 Å². The number of halogens is 1. The quantitative estimate of drug-likeness (QED) is 0.578. The molecule has 3 aromatic carbocycles. The van der Waals surface area contributed by atoms with Crippen LogP contribution in [-0.2, 0) is 6.54 Å². The minimum Gasteiger partial charge on any atom is -0.322 e. The van der Waals surface area contributed by atoms with Crippen LogP contribution in [0.1, 0.15) is 33.5 Å². The van der Waals surface area contributed by atoms with Crippen molar-refractivity contribution in [2.45, 2.75) is 26.8 Å². The van der Waals surface area contributed by atoms with Gasteiger partial charge in [-0.3, -0.25) is 9.69 Å². The molecular formula is C26H26FN3O2. The van der Waals surface area contributed by atoms with Gasteiger partial charge in [-0.15, -0.1) is 0 Å². The van der Waals surface area contributed by atoms with E-state index in [1.165, 1.54) is 35.4 Å². The third-order valence-electron chi connectivity index (χ3n) is 5.70. The number of aryl methyl sites for hydroxylation is 2. The van der Waals surface area contributed by atoms with E-state index in [1.54, 1.807) is 17.0 Å². The monoisotopic (exact) mass is 431 g/mol. The second kappa shape index (κ2) is 9.22. The predicted octanol–water partition coefficient (Wildman–Crippen LogP) is 5.53. The number of amides is 3. The first-order valence-electron chi connectivity index (χ1n) is 10.7. The van der Waals surface area contributed by atoms with Crippen molar-refractivity contribution < 1.29 is 14.0 Å². The highest BCUT2D eigenvalue weighted by atomic mass is 19.1. The van der Waals surface area contributed by atoms with Crippen molar-refractivity contribution in [3.05, 3.63) is 94.8 Å². The van der Waals surface area contributed by atoms with Crippen LogP contribution in [0.5, 0.6) is 0 Å². The molecule has 1 aliphatic rings. The highest BCUT2D eigenvalue weighted by Crippen LogP contribution is 2.25. The summed E-state index contributed by atoms with van der Waals surface area (Å²) >= 11 is 0. The molecule has 1 fully saturated rings. The molecule has 0 unspecified atom stereocenters. The van der Waals surface area contributed by atoms with Crippen molar-refractivity contribution in [2.24, 2.45) is 0 Å². The van der Waals surface area contributed by atoms with Crippen LogP contribution in [0, 0.1) is 19.7 Å². The Kier molecular flexibility index (Phi) is 6.21. The molecule has 0 aliphatic carbocycles. The van der Waals surface area contributed by atoms with E-state index in [0.29, 0.717) is 30.9 Å². The fourth-order valence-corrected chi connectivity index (χ4v) is 3.90. The number of nitrogens with zero attached hydrogens (tertiary/aromatic N) is 2. The van der Waals surface area contributed by atoms with Gasteiger partial charge in [0.05, 0.1) is 0 Å². The molecule has 1 saturated heterocycles. The van der Waals surface area contributed by atoms with Gasteiger partial charge in [0.2, 0.25) is 0 Å². The van der Waals surface area contributed by atoms with E-state index in [-0.39, 0.29) is 11.9 Å². The van der Waals surface area contributed by atoms with Crippen LogP contribution in [-0.4, -0.2) is 29.9 Å². The molecule has 5 nitrogen and oxygen atoms in total. The number of hydrogen-bond acceptors (Lipinski definition) is 2. The summed E-state index contributed by atoms with van der Waals surface area (Å²) in [6.45, 7) is 6.03. The summed E-state index contributed by atoms with van der Waals surface area (Å²) in [7, 11) is 0. The molecule has 0 bridgehead atoms. The van der Waals surface area contributed by atoms with Gasteiger partial charge in [0.15, 0.2) is 0 Å². The molecule has 0 radical (unpaired) electrons. The number of hydrogen-bond donors (Lipinski definition) is 1. The first kappa shape index (κ1) is 21.6. The first-order chi connectivity index (χ1) is 15.4. The van der Waals surface area contributed by atoms with Crippen molar-refractivity contribution in [1.29, 1.82) is 0 Å². The van der Waals surface area contributed by atoms with E-state index in [9.17, 15) is 14.0 Å². The van der Waals surface area contributed by atoms with Crippen LogP contribution in [0.25, 0.3) is 0 Å². The smallest absolute Gasteiger partial charge is 0.322 e. The first-order valence-corrected chi connectivity index (χ1v) is 10.7. The lowest BCUT2D eigenvalue weighted by molar-refractivity contribution is 0.102. The SMILES string of the molecule is Cc1ccc(C)c(CN2CCCN(c3cccc(NC(=O)c4ccc(F)cc4)c3)C2=O)c1. The Bertz CT molecular complexity index is 1140. The van der Waals surface area contributed by atoms with Crippen LogP contribution in [0.3, 0.4) is 0 Å². The second-order valence-electron chi connectivity index (χ2n) is 8.15. The average molecular weight is 432 g/mol. The van der Waals surface area contributed by atoms with Gasteiger partial charge in [-0.1, -0.05) is 29.8 Å². The molecule has 0 saturated carbocycles. The van der Waals surface area contributed by atoms with E-state index in [2.05, 4.69) is 37.4 Å². The Morgan fingerprint density at radius 1 is 1.00 bits per heavy atom. The number of rotatable bonds is 5. The van der Waals surface area contributed by atoms with Gasteiger partial charge in [0.25, 0.3) is 5.91 Å². The zero-order chi connectivity index (χ0) is 22.7. The minimum absolute atomic E-state index is 0.0424. The fraction of sp³-hybridized carbons (Fsp3) is 0.231. The second-order valence-corrected chi connectivity index (χ2v) is 8.15.